The Morgan fingerprint density at radius 2 is 2.00 bits per heavy atom. The first-order chi connectivity index (χ1) is 9.93. The predicted molar refractivity (Wildman–Crippen MR) is 69.2 cm³/mol. The summed E-state index contributed by atoms with van der Waals surface area (Å²) in [5.41, 5.74) is -0.122. The third-order valence-electron chi connectivity index (χ3n) is 2.75. The number of esters is 1. The number of ether oxygens (including phenoxy) is 1. The second-order valence-corrected chi connectivity index (χ2v) is 4.11. The highest BCUT2D eigenvalue weighted by atomic mass is 19.1. The number of aromatic nitrogens is 1. The van der Waals surface area contributed by atoms with Crippen LogP contribution in [0.15, 0.2) is 30.5 Å². The van der Waals surface area contributed by atoms with E-state index < -0.39 is 23.7 Å². The third kappa shape index (κ3) is 2.91. The van der Waals surface area contributed by atoms with Crippen molar-refractivity contribution in [3.63, 3.8) is 0 Å². The number of carbonyl (C=O) groups is 2. The monoisotopic (exact) mass is 295 g/mol. The highest BCUT2D eigenvalue weighted by molar-refractivity contribution is 5.94. The average molecular weight is 295 g/mol. The number of carbonyl (C=O) groups excluding carboxylic acids is 1. The molecule has 0 aliphatic heterocycles. The molecular weight excluding hydrogens is 284 g/mol. The van der Waals surface area contributed by atoms with E-state index in [0.717, 1.165) is 12.3 Å². The van der Waals surface area contributed by atoms with Crippen molar-refractivity contribution in [3.8, 4) is 11.1 Å². The first-order valence-electron chi connectivity index (χ1n) is 6.02. The van der Waals surface area contributed by atoms with Gasteiger partial charge in [0.1, 0.15) is 17.3 Å². The van der Waals surface area contributed by atoms with Gasteiger partial charge >= 0.3 is 12.1 Å². The van der Waals surface area contributed by atoms with Gasteiger partial charge in [-0.1, -0.05) is 0 Å². The van der Waals surface area contributed by atoms with E-state index in [1.165, 1.54) is 12.1 Å². The molecule has 0 saturated carbocycles. The summed E-state index contributed by atoms with van der Waals surface area (Å²) in [6, 6.07) is 4.07. The molecule has 2 rings (SSSR count). The van der Waals surface area contributed by atoms with Crippen molar-refractivity contribution in [1.82, 2.24) is 4.57 Å². The maximum Gasteiger partial charge on any atom is 0.416 e. The highest BCUT2D eigenvalue weighted by Gasteiger charge is 2.20. The van der Waals surface area contributed by atoms with Gasteiger partial charge in [-0.2, -0.15) is 0 Å². The quantitative estimate of drug-likeness (QED) is 0.883. The van der Waals surface area contributed by atoms with Crippen LogP contribution in [0.5, 0.6) is 0 Å². The van der Waals surface area contributed by atoms with Gasteiger partial charge in [0, 0.05) is 23.4 Å². The number of hydrogen-bond donors (Lipinski definition) is 1. The number of halogens is 2. The van der Waals surface area contributed by atoms with Crippen molar-refractivity contribution in [3.05, 3.63) is 47.8 Å². The number of benzene rings is 1. The van der Waals surface area contributed by atoms with E-state index >= 15 is 0 Å². The molecule has 7 heteroatoms. The number of carboxylic acid groups (broad SMARTS) is 1. The molecule has 1 aromatic carbocycles. The van der Waals surface area contributed by atoms with Crippen LogP contribution in [-0.4, -0.2) is 28.3 Å². The summed E-state index contributed by atoms with van der Waals surface area (Å²) >= 11 is 0. The second-order valence-electron chi connectivity index (χ2n) is 4.11. The Bertz CT molecular complexity index is 709. The minimum atomic E-state index is -1.41. The van der Waals surface area contributed by atoms with Crippen LogP contribution in [0.1, 0.15) is 17.4 Å². The minimum Gasteiger partial charge on any atom is -0.464 e. The van der Waals surface area contributed by atoms with Crippen molar-refractivity contribution in [2.24, 2.45) is 0 Å². The Morgan fingerprint density at radius 1 is 1.29 bits per heavy atom. The molecule has 21 heavy (non-hydrogen) atoms. The van der Waals surface area contributed by atoms with Crippen LogP contribution in [0, 0.1) is 11.6 Å². The van der Waals surface area contributed by atoms with Crippen LogP contribution in [0.4, 0.5) is 13.6 Å². The molecule has 5 nitrogen and oxygen atoms in total. The number of nitrogens with zero attached hydrogens (tertiary/aromatic N) is 1. The maximum absolute atomic E-state index is 13.7. The van der Waals surface area contributed by atoms with Gasteiger partial charge < -0.3 is 9.84 Å². The summed E-state index contributed by atoms with van der Waals surface area (Å²) in [4.78, 5) is 22.8. The predicted octanol–water partition coefficient (Wildman–Crippen LogP) is 3.14. The van der Waals surface area contributed by atoms with Crippen LogP contribution in [0.25, 0.3) is 11.1 Å². The molecular formula is C14H11F2NO4. The van der Waals surface area contributed by atoms with Gasteiger partial charge in [0.05, 0.1) is 6.61 Å². The molecule has 0 aliphatic rings. The van der Waals surface area contributed by atoms with Gasteiger partial charge in [0.25, 0.3) is 0 Å². The molecule has 0 aliphatic carbocycles. The molecule has 0 bridgehead atoms. The number of hydrogen-bond acceptors (Lipinski definition) is 3. The summed E-state index contributed by atoms with van der Waals surface area (Å²) in [6.07, 6.45) is -0.336. The van der Waals surface area contributed by atoms with E-state index in [0.29, 0.717) is 10.6 Å². The van der Waals surface area contributed by atoms with Crippen LogP contribution < -0.4 is 0 Å². The second kappa shape index (κ2) is 5.74. The van der Waals surface area contributed by atoms with E-state index in [4.69, 9.17) is 9.84 Å². The Labute approximate surface area is 118 Å². The summed E-state index contributed by atoms with van der Waals surface area (Å²) in [5, 5.41) is 9.06. The van der Waals surface area contributed by atoms with E-state index in [2.05, 4.69) is 0 Å². The molecule has 110 valence electrons. The summed E-state index contributed by atoms with van der Waals surface area (Å²) in [7, 11) is 0. The lowest BCUT2D eigenvalue weighted by Gasteiger charge is -2.02. The zero-order chi connectivity index (χ0) is 15.6. The molecule has 0 saturated heterocycles. The van der Waals surface area contributed by atoms with E-state index in [9.17, 15) is 18.4 Å². The van der Waals surface area contributed by atoms with Gasteiger partial charge in [-0.3, -0.25) is 0 Å². The Morgan fingerprint density at radius 3 is 2.57 bits per heavy atom. The SMILES string of the molecule is CCOC(=O)c1cc(-c2ccc(F)cc2F)cn1C(=O)O. The molecule has 0 unspecified atom stereocenters. The van der Waals surface area contributed by atoms with Crippen molar-refractivity contribution in [2.45, 2.75) is 6.92 Å². The first-order valence-corrected chi connectivity index (χ1v) is 6.02. The van der Waals surface area contributed by atoms with Crippen molar-refractivity contribution in [2.75, 3.05) is 6.61 Å². The fourth-order valence-electron chi connectivity index (χ4n) is 1.85. The summed E-state index contributed by atoms with van der Waals surface area (Å²) in [5.74, 6) is -2.44. The normalized spacial score (nSPS) is 10.4. The van der Waals surface area contributed by atoms with Crippen LogP contribution in [-0.2, 0) is 4.74 Å². The van der Waals surface area contributed by atoms with Gasteiger partial charge in [0.2, 0.25) is 0 Å². The summed E-state index contributed by atoms with van der Waals surface area (Å²) < 4.78 is 32.0. The maximum atomic E-state index is 13.7. The summed E-state index contributed by atoms with van der Waals surface area (Å²) in [6.45, 7) is 1.65. The Balaban J connectivity index is 2.53. The van der Waals surface area contributed by atoms with Crippen molar-refractivity contribution >= 4 is 12.1 Å². The Hall–Kier alpha value is -2.70. The molecule has 0 amide bonds. The van der Waals surface area contributed by atoms with Gasteiger partial charge in [0.15, 0.2) is 0 Å². The zero-order valence-electron chi connectivity index (χ0n) is 11.0. The topological polar surface area (TPSA) is 68.5 Å². The zero-order valence-corrected chi connectivity index (χ0v) is 11.0. The van der Waals surface area contributed by atoms with Crippen molar-refractivity contribution in [1.29, 1.82) is 0 Å². The number of rotatable bonds is 3. The third-order valence-corrected chi connectivity index (χ3v) is 2.75. The van der Waals surface area contributed by atoms with Crippen LogP contribution in [0.3, 0.4) is 0 Å². The molecule has 1 aromatic heterocycles. The largest absolute Gasteiger partial charge is 0.464 e. The molecule has 0 spiro atoms. The lowest BCUT2D eigenvalue weighted by Crippen LogP contribution is -2.16. The molecule has 1 heterocycles. The van der Waals surface area contributed by atoms with E-state index in [-0.39, 0.29) is 23.4 Å². The smallest absolute Gasteiger partial charge is 0.416 e. The van der Waals surface area contributed by atoms with Crippen LogP contribution >= 0.6 is 0 Å². The van der Waals surface area contributed by atoms with E-state index in [1.807, 2.05) is 0 Å². The van der Waals surface area contributed by atoms with Gasteiger partial charge in [-0.15, -0.1) is 0 Å². The molecule has 2 aromatic rings. The molecule has 0 fully saturated rings. The van der Waals surface area contributed by atoms with Gasteiger partial charge in [-0.25, -0.2) is 22.9 Å². The lowest BCUT2D eigenvalue weighted by molar-refractivity contribution is 0.0513. The Kier molecular flexibility index (Phi) is 4.02. The fourth-order valence-corrected chi connectivity index (χ4v) is 1.85. The molecule has 0 radical (unpaired) electrons. The first kappa shape index (κ1) is 14.7. The van der Waals surface area contributed by atoms with Crippen molar-refractivity contribution < 1.29 is 28.2 Å². The standard InChI is InChI=1S/C14H11F2NO4/c1-2-21-13(18)12-5-8(7-17(12)14(19)20)10-4-3-9(15)6-11(10)16/h3-7H,2H2,1H3,(H,19,20). The fraction of sp³-hybridized carbons (Fsp3) is 0.143. The highest BCUT2D eigenvalue weighted by Crippen LogP contribution is 2.26. The minimum absolute atomic E-state index is 0.0121. The van der Waals surface area contributed by atoms with Gasteiger partial charge in [-0.05, 0) is 25.1 Å². The average Bonchev–Trinajstić information content (AvgIpc) is 2.84. The van der Waals surface area contributed by atoms with E-state index in [1.54, 1.807) is 6.92 Å². The molecule has 0 atom stereocenters. The van der Waals surface area contributed by atoms with Crippen LogP contribution in [0.2, 0.25) is 0 Å². The lowest BCUT2D eigenvalue weighted by atomic mass is 10.1. The molecule has 1 N–H and O–H groups in total.